The number of fused-ring (bicyclic) bond motifs is 2. The summed E-state index contributed by atoms with van der Waals surface area (Å²) in [6, 6.07) is 0.154. The van der Waals surface area contributed by atoms with E-state index in [-0.39, 0.29) is 29.7 Å². The molecule has 5 heteroatoms. The van der Waals surface area contributed by atoms with Gasteiger partial charge in [-0.25, -0.2) is 0 Å². The number of methoxy groups -OCH3 is 1. The number of rotatable bonds is 2. The first kappa shape index (κ1) is 17.9. The van der Waals surface area contributed by atoms with Crippen LogP contribution in [0.3, 0.4) is 0 Å². The molecule has 0 saturated carbocycles. The van der Waals surface area contributed by atoms with Crippen LogP contribution in [0, 0.1) is 11.3 Å². The minimum Gasteiger partial charge on any atom is -0.495 e. The first-order valence-corrected chi connectivity index (χ1v) is 8.96. The van der Waals surface area contributed by atoms with E-state index in [1.807, 2.05) is 0 Å². The molecule has 1 unspecified atom stereocenters. The smallest absolute Gasteiger partial charge is 0.226 e. The van der Waals surface area contributed by atoms with Gasteiger partial charge in [-0.1, -0.05) is 26.3 Å². The molecule has 5 nitrogen and oxygen atoms in total. The molecule has 1 fully saturated rings. The molecule has 0 spiro atoms. The molecule has 3 N–H and O–H groups in total. The highest BCUT2D eigenvalue weighted by Crippen LogP contribution is 2.42. The zero-order valence-corrected chi connectivity index (χ0v) is 15.2. The molecule has 2 aliphatic heterocycles. The highest BCUT2D eigenvalue weighted by atomic mass is 16.6. The van der Waals surface area contributed by atoms with Gasteiger partial charge in [-0.05, 0) is 42.2 Å². The Hall–Kier alpha value is -0.880. The van der Waals surface area contributed by atoms with Gasteiger partial charge < -0.3 is 20.1 Å². The molecule has 1 saturated heterocycles. The first-order chi connectivity index (χ1) is 11.1. The van der Waals surface area contributed by atoms with E-state index in [2.05, 4.69) is 25.7 Å². The normalized spacial score (nSPS) is 33.6. The van der Waals surface area contributed by atoms with Gasteiger partial charge in [0, 0.05) is 25.6 Å². The van der Waals surface area contributed by atoms with Crippen LogP contribution in [-0.2, 0) is 4.74 Å². The van der Waals surface area contributed by atoms with Gasteiger partial charge in [0.1, 0.15) is 0 Å². The molecule has 0 radical (unpaired) electrons. The summed E-state index contributed by atoms with van der Waals surface area (Å²) in [5.74, 6) is -1.40. The first-order valence-electron chi connectivity index (χ1n) is 8.96. The van der Waals surface area contributed by atoms with E-state index < -0.39 is 5.79 Å². The van der Waals surface area contributed by atoms with Crippen molar-refractivity contribution in [1.29, 1.82) is 0 Å². The van der Waals surface area contributed by atoms with Crippen LogP contribution in [0.4, 0.5) is 0 Å². The summed E-state index contributed by atoms with van der Waals surface area (Å²) in [7, 11) is 1.47. The van der Waals surface area contributed by atoms with Crippen LogP contribution in [0.5, 0.6) is 0 Å². The molecule has 24 heavy (non-hydrogen) atoms. The Morgan fingerprint density at radius 3 is 2.67 bits per heavy atom. The Morgan fingerprint density at radius 1 is 1.33 bits per heavy atom. The van der Waals surface area contributed by atoms with Gasteiger partial charge in [0.15, 0.2) is 5.76 Å². The molecule has 0 aromatic rings. The molecule has 136 valence electrons. The average Bonchev–Trinajstić information content (AvgIpc) is 2.45. The van der Waals surface area contributed by atoms with Crippen LogP contribution >= 0.6 is 0 Å². The van der Waals surface area contributed by atoms with E-state index in [1.54, 1.807) is 6.08 Å². The van der Waals surface area contributed by atoms with Crippen molar-refractivity contribution in [2.24, 2.45) is 11.3 Å². The van der Waals surface area contributed by atoms with Crippen LogP contribution in [0.1, 0.15) is 46.5 Å². The second-order valence-corrected chi connectivity index (χ2v) is 8.85. The fraction of sp³-hybridized carbons (Fsp3) is 0.789. The van der Waals surface area contributed by atoms with Gasteiger partial charge in [0.2, 0.25) is 5.79 Å². The van der Waals surface area contributed by atoms with Crippen molar-refractivity contribution >= 4 is 0 Å². The average molecular weight is 337 g/mol. The van der Waals surface area contributed by atoms with E-state index in [1.165, 1.54) is 7.11 Å². The number of ether oxygens (including phenoxy) is 1. The summed E-state index contributed by atoms with van der Waals surface area (Å²) in [4.78, 5) is 2.45. The van der Waals surface area contributed by atoms with E-state index in [4.69, 9.17) is 4.74 Å². The number of nitrogens with zero attached hydrogens (tertiary/aromatic N) is 1. The molecule has 3 rings (SSSR count). The Kier molecular flexibility index (Phi) is 4.58. The zero-order chi connectivity index (χ0) is 17.7. The van der Waals surface area contributed by atoms with E-state index in [9.17, 15) is 15.3 Å². The lowest BCUT2D eigenvalue weighted by Crippen LogP contribution is -2.54. The Labute approximate surface area is 144 Å². The van der Waals surface area contributed by atoms with Crippen molar-refractivity contribution in [1.82, 2.24) is 4.90 Å². The monoisotopic (exact) mass is 337 g/mol. The van der Waals surface area contributed by atoms with Gasteiger partial charge in [-0.2, -0.15) is 0 Å². The molecular weight excluding hydrogens is 306 g/mol. The largest absolute Gasteiger partial charge is 0.495 e. The molecular formula is C19H31NO4. The molecule has 0 bridgehead atoms. The lowest BCUT2D eigenvalue weighted by atomic mass is 9.74. The van der Waals surface area contributed by atoms with Crippen LogP contribution in [0.15, 0.2) is 23.0 Å². The van der Waals surface area contributed by atoms with E-state index in [0.29, 0.717) is 12.3 Å². The summed E-state index contributed by atoms with van der Waals surface area (Å²) in [5.41, 5.74) is 2.41. The van der Waals surface area contributed by atoms with Gasteiger partial charge in [0.05, 0.1) is 13.2 Å². The van der Waals surface area contributed by atoms with Crippen molar-refractivity contribution in [3.05, 3.63) is 23.0 Å². The lowest BCUT2D eigenvalue weighted by molar-refractivity contribution is -0.157. The highest BCUT2D eigenvalue weighted by molar-refractivity contribution is 5.41. The summed E-state index contributed by atoms with van der Waals surface area (Å²) in [5, 5.41) is 31.0. The number of hydrogen-bond donors (Lipinski definition) is 3. The highest BCUT2D eigenvalue weighted by Gasteiger charge is 2.44. The SMILES string of the molecule is COC1=CC2=C(CCN3C[C@@H](CC(C)(C)C)C(O)C[C@H]23)CC1(O)O. The van der Waals surface area contributed by atoms with E-state index in [0.717, 1.165) is 37.1 Å². The van der Waals surface area contributed by atoms with Gasteiger partial charge in [0.25, 0.3) is 0 Å². The van der Waals surface area contributed by atoms with Gasteiger partial charge >= 0.3 is 0 Å². The Balaban J connectivity index is 1.82. The van der Waals surface area contributed by atoms with Gasteiger partial charge in [-0.3, -0.25) is 4.90 Å². The summed E-state index contributed by atoms with van der Waals surface area (Å²) >= 11 is 0. The second-order valence-electron chi connectivity index (χ2n) is 8.85. The number of aliphatic hydroxyl groups excluding tert-OH is 1. The molecule has 2 heterocycles. The van der Waals surface area contributed by atoms with Crippen LogP contribution in [0.25, 0.3) is 0 Å². The fourth-order valence-electron chi connectivity index (χ4n) is 4.59. The van der Waals surface area contributed by atoms with Crippen LogP contribution in [-0.4, -0.2) is 58.4 Å². The molecule has 1 aliphatic carbocycles. The molecule has 3 aliphatic rings. The van der Waals surface area contributed by atoms with Crippen molar-refractivity contribution in [3.63, 3.8) is 0 Å². The fourth-order valence-corrected chi connectivity index (χ4v) is 4.59. The Bertz CT molecular complexity index is 558. The van der Waals surface area contributed by atoms with Crippen molar-refractivity contribution in [2.75, 3.05) is 20.2 Å². The summed E-state index contributed by atoms with van der Waals surface area (Å²) in [6.45, 7) is 8.49. The zero-order valence-electron chi connectivity index (χ0n) is 15.2. The molecule has 0 aromatic carbocycles. The third-order valence-electron chi connectivity index (χ3n) is 5.62. The Morgan fingerprint density at radius 2 is 2.04 bits per heavy atom. The maximum Gasteiger partial charge on any atom is 0.226 e. The quantitative estimate of drug-likeness (QED) is 0.670. The van der Waals surface area contributed by atoms with Crippen molar-refractivity contribution in [3.8, 4) is 0 Å². The van der Waals surface area contributed by atoms with Crippen LogP contribution < -0.4 is 0 Å². The van der Waals surface area contributed by atoms with Gasteiger partial charge in [-0.15, -0.1) is 0 Å². The lowest BCUT2D eigenvalue weighted by Gasteiger charge is -2.48. The maximum atomic E-state index is 10.7. The topological polar surface area (TPSA) is 73.2 Å². The number of aliphatic hydroxyl groups is 3. The third-order valence-corrected chi connectivity index (χ3v) is 5.62. The second kappa shape index (κ2) is 6.13. The summed E-state index contributed by atoms with van der Waals surface area (Å²) in [6.07, 6.45) is 4.24. The van der Waals surface area contributed by atoms with Crippen LogP contribution in [0.2, 0.25) is 0 Å². The predicted molar refractivity (Wildman–Crippen MR) is 92.1 cm³/mol. The molecule has 0 amide bonds. The molecule has 0 aromatic heterocycles. The minimum atomic E-state index is -1.90. The molecule has 3 atom stereocenters. The summed E-state index contributed by atoms with van der Waals surface area (Å²) < 4.78 is 5.19. The predicted octanol–water partition coefficient (Wildman–Crippen LogP) is 1.79. The number of piperidine rings is 1. The third kappa shape index (κ3) is 3.40. The van der Waals surface area contributed by atoms with E-state index >= 15 is 0 Å². The standard InChI is InChI=1S/C19H31NO4/c1-18(2,3)9-13-11-20-6-5-12-10-19(22,23)17(24-4)7-14(12)15(20)8-16(13)21/h7,13,15-16,21-23H,5-6,8-11H2,1-4H3/t13-,15-,16?/m1/s1. The minimum absolute atomic E-state index is 0.154. The van der Waals surface area contributed by atoms with Crippen molar-refractivity contribution in [2.45, 2.75) is 64.4 Å². The maximum absolute atomic E-state index is 10.7. The number of hydrogen-bond acceptors (Lipinski definition) is 5. The van der Waals surface area contributed by atoms with Crippen molar-refractivity contribution < 1.29 is 20.1 Å².